The maximum Gasteiger partial charge on any atom is 0.407 e. The first-order chi connectivity index (χ1) is 14.9. The van der Waals surface area contributed by atoms with Crippen molar-refractivity contribution in [2.24, 2.45) is 4.99 Å². The summed E-state index contributed by atoms with van der Waals surface area (Å²) < 4.78 is 35.0. The van der Waals surface area contributed by atoms with Crippen molar-refractivity contribution in [1.82, 2.24) is 5.32 Å². The fourth-order valence-corrected chi connectivity index (χ4v) is 7.54. The third-order valence-electron chi connectivity index (χ3n) is 4.69. The van der Waals surface area contributed by atoms with Gasteiger partial charge in [-0.2, -0.15) is 4.99 Å². The highest BCUT2D eigenvalue weighted by Gasteiger charge is 2.50. The van der Waals surface area contributed by atoms with Gasteiger partial charge in [-0.3, -0.25) is 4.79 Å². The number of hydrogen-bond donors (Lipinski definition) is 1. The average Bonchev–Trinajstić information content (AvgIpc) is 3.10. The first-order valence-electron chi connectivity index (χ1n) is 9.97. The van der Waals surface area contributed by atoms with E-state index in [9.17, 15) is 18.0 Å². The average molecular weight is 504 g/mol. The van der Waals surface area contributed by atoms with Crippen LogP contribution in [0.25, 0.3) is 0 Å². The Kier molecular flexibility index (Phi) is 7.31. The molecular formula is C20H26ClN3O6S2. The number of ether oxygens (including phenoxy) is 2. The highest BCUT2D eigenvalue weighted by Crippen LogP contribution is 2.44. The van der Waals surface area contributed by atoms with E-state index in [1.165, 1.54) is 18.9 Å². The Bertz CT molecular complexity index is 1040. The van der Waals surface area contributed by atoms with Crippen molar-refractivity contribution in [3.8, 4) is 5.75 Å². The number of nitrogens with one attached hydrogen (secondary N) is 1. The number of fused-ring (bicyclic) bond motifs is 1. The molecule has 2 saturated heterocycles. The Morgan fingerprint density at radius 3 is 2.69 bits per heavy atom. The summed E-state index contributed by atoms with van der Waals surface area (Å²) in [4.78, 5) is 30.2. The van der Waals surface area contributed by atoms with E-state index in [4.69, 9.17) is 21.1 Å². The quantitative estimate of drug-likeness (QED) is 0.652. The van der Waals surface area contributed by atoms with Crippen LogP contribution in [0.1, 0.15) is 27.2 Å². The molecule has 1 aromatic rings. The van der Waals surface area contributed by atoms with E-state index in [-0.39, 0.29) is 35.8 Å². The Labute approximate surface area is 196 Å². The molecule has 2 fully saturated rings. The first kappa shape index (κ1) is 24.7. The zero-order valence-electron chi connectivity index (χ0n) is 18.3. The zero-order valence-corrected chi connectivity index (χ0v) is 20.6. The molecule has 2 atom stereocenters. The minimum Gasteiger partial charge on any atom is -0.495 e. The zero-order chi connectivity index (χ0) is 23.7. The second kappa shape index (κ2) is 9.48. The minimum atomic E-state index is -3.20. The van der Waals surface area contributed by atoms with Crippen molar-refractivity contribution in [3.63, 3.8) is 0 Å². The topological polar surface area (TPSA) is 114 Å². The fourth-order valence-electron chi connectivity index (χ4n) is 3.45. The van der Waals surface area contributed by atoms with Gasteiger partial charge in [-0.1, -0.05) is 23.4 Å². The van der Waals surface area contributed by atoms with Crippen molar-refractivity contribution >= 4 is 56.1 Å². The molecule has 176 valence electrons. The van der Waals surface area contributed by atoms with Gasteiger partial charge in [0.25, 0.3) is 0 Å². The van der Waals surface area contributed by atoms with Gasteiger partial charge in [0.05, 0.1) is 30.3 Å². The van der Waals surface area contributed by atoms with Gasteiger partial charge in [0, 0.05) is 23.2 Å². The number of halogens is 1. The summed E-state index contributed by atoms with van der Waals surface area (Å²) in [5.41, 5.74) is -0.0841. The number of nitrogens with zero attached hydrogens (tertiary/aromatic N) is 2. The monoisotopic (exact) mass is 503 g/mol. The molecule has 2 aliphatic heterocycles. The Morgan fingerprint density at radius 2 is 2.03 bits per heavy atom. The van der Waals surface area contributed by atoms with E-state index in [1.54, 1.807) is 43.9 Å². The number of thioether (sulfide) groups is 1. The smallest absolute Gasteiger partial charge is 0.407 e. The van der Waals surface area contributed by atoms with Gasteiger partial charge in [-0.05, 0) is 39.0 Å². The van der Waals surface area contributed by atoms with Gasteiger partial charge in [0.2, 0.25) is 5.91 Å². The van der Waals surface area contributed by atoms with E-state index in [2.05, 4.69) is 10.3 Å². The molecule has 9 nitrogen and oxygen atoms in total. The fraction of sp³-hybridized carbons (Fsp3) is 0.550. The number of amides is 2. The summed E-state index contributed by atoms with van der Waals surface area (Å²) in [6, 6.07) is 4.63. The number of anilines is 1. The predicted octanol–water partition coefficient (Wildman–Crippen LogP) is 2.86. The molecule has 0 bridgehead atoms. The Balaban J connectivity index is 1.79. The van der Waals surface area contributed by atoms with Crippen LogP contribution in [-0.4, -0.2) is 67.6 Å². The molecule has 1 aromatic carbocycles. The van der Waals surface area contributed by atoms with Gasteiger partial charge in [-0.15, -0.1) is 0 Å². The predicted molar refractivity (Wildman–Crippen MR) is 126 cm³/mol. The van der Waals surface area contributed by atoms with Crippen molar-refractivity contribution < 1.29 is 27.5 Å². The molecule has 0 unspecified atom stereocenters. The minimum absolute atomic E-state index is 0.00905. The van der Waals surface area contributed by atoms with Gasteiger partial charge in [0.1, 0.15) is 11.4 Å². The SMILES string of the molecule is COc1ccc(Cl)cc1N1C(=NC(=O)CCNC(=O)OC(C)(C)C)S[C@H]2CS(=O)(=O)C[C@@H]21. The lowest BCUT2D eigenvalue weighted by molar-refractivity contribution is -0.117. The number of carbonyl (C=O) groups is 2. The van der Waals surface area contributed by atoms with Crippen LogP contribution in [0.3, 0.4) is 0 Å². The van der Waals surface area contributed by atoms with Crippen molar-refractivity contribution in [2.45, 2.75) is 44.1 Å². The summed E-state index contributed by atoms with van der Waals surface area (Å²) in [6.45, 7) is 5.31. The lowest BCUT2D eigenvalue weighted by Gasteiger charge is -2.26. The molecule has 12 heteroatoms. The molecule has 0 aliphatic carbocycles. The lowest BCUT2D eigenvalue weighted by Crippen LogP contribution is -2.38. The van der Waals surface area contributed by atoms with E-state index in [0.29, 0.717) is 21.6 Å². The molecule has 0 saturated carbocycles. The lowest BCUT2D eigenvalue weighted by atomic mass is 10.2. The number of alkyl carbamates (subject to hydrolysis) is 1. The molecule has 2 heterocycles. The molecule has 2 aliphatic rings. The Morgan fingerprint density at radius 1 is 1.31 bits per heavy atom. The van der Waals surface area contributed by atoms with Crippen LogP contribution in [0, 0.1) is 0 Å². The second-order valence-corrected chi connectivity index (χ2v) is 12.3. The van der Waals surface area contributed by atoms with Gasteiger partial charge in [0.15, 0.2) is 15.0 Å². The van der Waals surface area contributed by atoms with E-state index < -0.39 is 27.4 Å². The maximum absolute atomic E-state index is 12.5. The van der Waals surface area contributed by atoms with Crippen molar-refractivity contribution in [2.75, 3.05) is 30.1 Å². The molecular weight excluding hydrogens is 478 g/mol. The normalized spacial score (nSPS) is 23.2. The molecule has 0 aromatic heterocycles. The molecule has 2 amide bonds. The van der Waals surface area contributed by atoms with E-state index in [1.807, 2.05) is 0 Å². The number of aliphatic imine (C=N–C) groups is 1. The number of carbonyl (C=O) groups excluding carboxylic acids is 2. The number of methoxy groups -OCH3 is 1. The standard InChI is InChI=1S/C20H26ClN3O6S2/c1-20(2,3)30-19(26)22-8-7-17(25)23-18-24(13-9-12(21)5-6-15(13)29-4)14-10-32(27,28)11-16(14)31-18/h5-6,9,14,16H,7-8,10-11H2,1-4H3,(H,22,26)/t14-,16-/m0/s1. The summed E-state index contributed by atoms with van der Waals surface area (Å²) >= 11 is 7.44. The van der Waals surface area contributed by atoms with Crippen molar-refractivity contribution in [1.29, 1.82) is 0 Å². The highest BCUT2D eigenvalue weighted by molar-refractivity contribution is 8.16. The molecule has 1 N–H and O–H groups in total. The highest BCUT2D eigenvalue weighted by atomic mass is 35.5. The van der Waals surface area contributed by atoms with Crippen LogP contribution in [0.4, 0.5) is 10.5 Å². The maximum atomic E-state index is 12.5. The van der Waals surface area contributed by atoms with Crippen LogP contribution >= 0.6 is 23.4 Å². The summed E-state index contributed by atoms with van der Waals surface area (Å²) in [7, 11) is -1.70. The van der Waals surface area contributed by atoms with Crippen LogP contribution < -0.4 is 15.0 Å². The van der Waals surface area contributed by atoms with Crippen LogP contribution in [-0.2, 0) is 19.4 Å². The van der Waals surface area contributed by atoms with Crippen LogP contribution in [0.15, 0.2) is 23.2 Å². The third-order valence-corrected chi connectivity index (χ3v) is 8.14. The van der Waals surface area contributed by atoms with Crippen LogP contribution in [0.2, 0.25) is 5.02 Å². The number of amidine groups is 1. The number of rotatable bonds is 5. The molecule has 32 heavy (non-hydrogen) atoms. The van der Waals surface area contributed by atoms with Gasteiger partial charge < -0.3 is 19.7 Å². The van der Waals surface area contributed by atoms with Crippen LogP contribution in [0.5, 0.6) is 5.75 Å². The van der Waals surface area contributed by atoms with Gasteiger partial charge in [-0.25, -0.2) is 13.2 Å². The largest absolute Gasteiger partial charge is 0.495 e. The van der Waals surface area contributed by atoms with E-state index >= 15 is 0 Å². The number of sulfone groups is 1. The second-order valence-electron chi connectivity index (χ2n) is 8.45. The summed E-state index contributed by atoms with van der Waals surface area (Å²) in [5, 5.41) is 3.10. The molecule has 0 spiro atoms. The first-order valence-corrected chi connectivity index (χ1v) is 13.0. The molecule has 3 rings (SSSR count). The van der Waals surface area contributed by atoms with Gasteiger partial charge >= 0.3 is 6.09 Å². The number of benzene rings is 1. The summed E-state index contributed by atoms with van der Waals surface area (Å²) in [5.74, 6) is 0.00662. The number of hydrogen-bond acceptors (Lipinski definition) is 7. The van der Waals surface area contributed by atoms with Crippen molar-refractivity contribution in [3.05, 3.63) is 23.2 Å². The van der Waals surface area contributed by atoms with E-state index in [0.717, 1.165) is 0 Å². The Hall–Kier alpha value is -1.98. The molecule has 0 radical (unpaired) electrons. The summed E-state index contributed by atoms with van der Waals surface area (Å²) in [6.07, 6.45) is -0.643. The third kappa shape index (κ3) is 6.08.